The van der Waals surface area contributed by atoms with Gasteiger partial charge in [-0.25, -0.2) is 0 Å². The van der Waals surface area contributed by atoms with Crippen molar-refractivity contribution in [1.82, 2.24) is 0 Å². The van der Waals surface area contributed by atoms with Crippen molar-refractivity contribution in [2.75, 3.05) is 10.6 Å². The van der Waals surface area contributed by atoms with E-state index in [-0.39, 0.29) is 16.6 Å². The number of rotatable bonds is 4. The average molecular weight is 400 g/mol. The molecule has 0 saturated heterocycles. The van der Waals surface area contributed by atoms with E-state index in [1.54, 1.807) is 54.6 Å². The molecule has 28 heavy (non-hydrogen) atoms. The Hall–Kier alpha value is -3.19. The molecule has 0 aliphatic heterocycles. The third-order valence-corrected chi connectivity index (χ3v) is 4.14. The van der Waals surface area contributed by atoms with Crippen molar-refractivity contribution >= 4 is 34.5 Å². The second-order valence-corrected chi connectivity index (χ2v) is 6.27. The molecule has 0 aromatic heterocycles. The van der Waals surface area contributed by atoms with Crippen LogP contribution in [0.15, 0.2) is 78.9 Å². The van der Waals surface area contributed by atoms with Crippen molar-refractivity contribution in [2.45, 2.75) is 6.18 Å². The molecule has 2 N–H and O–H groups in total. The van der Waals surface area contributed by atoms with Crippen LogP contribution in [0.3, 0.4) is 0 Å². The van der Waals surface area contributed by atoms with Crippen molar-refractivity contribution in [3.8, 4) is 0 Å². The number of halogens is 3. The number of hydrogen-bond acceptors (Lipinski definition) is 2. The molecule has 0 unspecified atom stereocenters. The van der Waals surface area contributed by atoms with Gasteiger partial charge in [-0.3, -0.25) is 4.79 Å². The lowest BCUT2D eigenvalue weighted by atomic mass is 10.0. The van der Waals surface area contributed by atoms with Crippen molar-refractivity contribution in [2.24, 2.45) is 0 Å². The number of thiocarbonyl (C=S) groups is 1. The minimum absolute atomic E-state index is 0.0509. The van der Waals surface area contributed by atoms with Gasteiger partial charge in [0.2, 0.25) is 0 Å². The molecule has 142 valence electrons. The molecule has 7 heteroatoms. The molecule has 0 bridgehead atoms. The number of alkyl halides is 3. The van der Waals surface area contributed by atoms with Crippen LogP contribution < -0.4 is 10.6 Å². The molecule has 0 aliphatic rings. The number of nitrogens with one attached hydrogen (secondary N) is 2. The monoisotopic (exact) mass is 400 g/mol. The van der Waals surface area contributed by atoms with Gasteiger partial charge in [-0.2, -0.15) is 13.2 Å². The quantitative estimate of drug-likeness (QED) is 0.433. The van der Waals surface area contributed by atoms with E-state index in [0.29, 0.717) is 16.8 Å². The average Bonchev–Trinajstić information content (AvgIpc) is 2.68. The molecule has 3 rings (SSSR count). The molecule has 0 amide bonds. The van der Waals surface area contributed by atoms with Crippen molar-refractivity contribution < 1.29 is 18.0 Å². The molecule has 0 heterocycles. The smallest absolute Gasteiger partial charge is 0.332 e. The Labute approximate surface area is 165 Å². The third kappa shape index (κ3) is 4.55. The Morgan fingerprint density at radius 2 is 1.29 bits per heavy atom. The predicted molar refractivity (Wildman–Crippen MR) is 108 cm³/mol. The summed E-state index contributed by atoms with van der Waals surface area (Å²) in [5, 5.41) is 5.33. The molecule has 0 spiro atoms. The van der Waals surface area contributed by atoms with Gasteiger partial charge in [-0.05, 0) is 36.5 Å². The van der Waals surface area contributed by atoms with Crippen LogP contribution in [-0.4, -0.2) is 10.9 Å². The number of carbonyl (C=O) groups is 1. The molecule has 0 atom stereocenters. The van der Waals surface area contributed by atoms with Gasteiger partial charge in [-0.1, -0.05) is 54.6 Å². The first-order chi connectivity index (χ1) is 13.4. The van der Waals surface area contributed by atoms with Gasteiger partial charge in [0, 0.05) is 11.1 Å². The Morgan fingerprint density at radius 3 is 1.96 bits per heavy atom. The molecule has 0 saturated carbocycles. The van der Waals surface area contributed by atoms with Crippen LogP contribution in [0.25, 0.3) is 0 Å². The van der Waals surface area contributed by atoms with E-state index in [9.17, 15) is 18.0 Å². The molecule has 3 aromatic carbocycles. The first-order valence-corrected chi connectivity index (χ1v) is 8.70. The molecule has 0 aliphatic carbocycles. The van der Waals surface area contributed by atoms with E-state index in [4.69, 9.17) is 12.2 Å². The maximum absolute atomic E-state index is 13.1. The SMILES string of the molecule is O=C(c1ccccc1)c1ccccc1NC(=S)Nc1ccccc1C(F)(F)F. The third-order valence-electron chi connectivity index (χ3n) is 3.94. The van der Waals surface area contributed by atoms with Gasteiger partial charge in [0.1, 0.15) is 0 Å². The summed E-state index contributed by atoms with van der Waals surface area (Å²) in [7, 11) is 0. The zero-order valence-electron chi connectivity index (χ0n) is 14.5. The lowest BCUT2D eigenvalue weighted by Gasteiger charge is -2.17. The van der Waals surface area contributed by atoms with E-state index in [1.165, 1.54) is 18.2 Å². The fourth-order valence-electron chi connectivity index (χ4n) is 2.65. The highest BCUT2D eigenvalue weighted by Gasteiger charge is 2.33. The number of hydrogen-bond donors (Lipinski definition) is 2. The van der Waals surface area contributed by atoms with Gasteiger partial charge < -0.3 is 10.6 Å². The summed E-state index contributed by atoms with van der Waals surface area (Å²) < 4.78 is 39.4. The van der Waals surface area contributed by atoms with E-state index in [1.807, 2.05) is 0 Å². The highest BCUT2D eigenvalue weighted by atomic mass is 32.1. The van der Waals surface area contributed by atoms with Gasteiger partial charge in [0.05, 0.1) is 16.9 Å². The Kier molecular flexibility index (Phi) is 5.75. The highest BCUT2D eigenvalue weighted by Crippen LogP contribution is 2.34. The van der Waals surface area contributed by atoms with Crippen LogP contribution >= 0.6 is 12.2 Å². The molecule has 3 nitrogen and oxygen atoms in total. The normalized spacial score (nSPS) is 11.0. The first kappa shape index (κ1) is 19.6. The molecular formula is C21H15F3N2OS. The van der Waals surface area contributed by atoms with Crippen LogP contribution in [0.4, 0.5) is 24.5 Å². The van der Waals surface area contributed by atoms with Gasteiger partial charge in [-0.15, -0.1) is 0 Å². The second-order valence-electron chi connectivity index (χ2n) is 5.86. The van der Waals surface area contributed by atoms with E-state index in [2.05, 4.69) is 10.6 Å². The number of anilines is 2. The highest BCUT2D eigenvalue weighted by molar-refractivity contribution is 7.80. The van der Waals surface area contributed by atoms with Gasteiger partial charge in [0.25, 0.3) is 0 Å². The summed E-state index contributed by atoms with van der Waals surface area (Å²) >= 11 is 5.16. The molecular weight excluding hydrogens is 385 g/mol. The number of benzene rings is 3. The maximum atomic E-state index is 13.1. The van der Waals surface area contributed by atoms with Crippen LogP contribution in [0.1, 0.15) is 21.5 Å². The van der Waals surface area contributed by atoms with Gasteiger partial charge >= 0.3 is 6.18 Å². The Bertz CT molecular complexity index is 1000. The molecule has 0 fully saturated rings. The summed E-state index contributed by atoms with van der Waals surface area (Å²) in [4.78, 5) is 12.7. The second kappa shape index (κ2) is 8.22. The standard InChI is InChI=1S/C21H15F3N2OS/c22-21(23,24)16-11-5-7-13-18(16)26-20(28)25-17-12-6-4-10-15(17)19(27)14-8-2-1-3-9-14/h1-13H,(H2,25,26,28). The minimum Gasteiger partial charge on any atom is -0.332 e. The minimum atomic E-state index is -4.51. The molecule has 0 radical (unpaired) electrons. The fraction of sp³-hybridized carbons (Fsp3) is 0.0476. The van der Waals surface area contributed by atoms with Crippen molar-refractivity contribution in [3.05, 3.63) is 95.6 Å². The van der Waals surface area contributed by atoms with Crippen LogP contribution in [-0.2, 0) is 6.18 Å². The maximum Gasteiger partial charge on any atom is 0.418 e. The lowest BCUT2D eigenvalue weighted by Crippen LogP contribution is -2.22. The Morgan fingerprint density at radius 1 is 0.750 bits per heavy atom. The summed E-state index contributed by atoms with van der Waals surface area (Å²) in [6.07, 6.45) is -4.51. The zero-order valence-corrected chi connectivity index (χ0v) is 15.3. The number of ketones is 1. The zero-order chi connectivity index (χ0) is 20.1. The van der Waals surface area contributed by atoms with Crippen LogP contribution in [0, 0.1) is 0 Å². The van der Waals surface area contributed by atoms with Crippen LogP contribution in [0.2, 0.25) is 0 Å². The summed E-state index contributed by atoms with van der Waals surface area (Å²) in [6, 6.07) is 20.4. The predicted octanol–water partition coefficient (Wildman–Crippen LogP) is 5.75. The van der Waals surface area contributed by atoms with Crippen molar-refractivity contribution in [1.29, 1.82) is 0 Å². The van der Waals surface area contributed by atoms with Crippen LogP contribution in [0.5, 0.6) is 0 Å². The van der Waals surface area contributed by atoms with E-state index in [0.717, 1.165) is 6.07 Å². The van der Waals surface area contributed by atoms with Gasteiger partial charge in [0.15, 0.2) is 10.9 Å². The molecule has 3 aromatic rings. The lowest BCUT2D eigenvalue weighted by molar-refractivity contribution is -0.136. The topological polar surface area (TPSA) is 41.1 Å². The largest absolute Gasteiger partial charge is 0.418 e. The van der Waals surface area contributed by atoms with E-state index >= 15 is 0 Å². The summed E-state index contributed by atoms with van der Waals surface area (Å²) in [6.45, 7) is 0. The Balaban J connectivity index is 1.82. The number of carbonyl (C=O) groups excluding carboxylic acids is 1. The fourth-order valence-corrected chi connectivity index (χ4v) is 2.87. The van der Waals surface area contributed by atoms with E-state index < -0.39 is 11.7 Å². The summed E-state index contributed by atoms with van der Waals surface area (Å²) in [5.74, 6) is -0.220. The number of para-hydroxylation sites is 2. The van der Waals surface area contributed by atoms with Crippen molar-refractivity contribution in [3.63, 3.8) is 0 Å². The first-order valence-electron chi connectivity index (χ1n) is 8.29. The summed E-state index contributed by atoms with van der Waals surface area (Å²) in [5.41, 5.74) is 0.269.